The lowest BCUT2D eigenvalue weighted by molar-refractivity contribution is 0.0654. The summed E-state index contributed by atoms with van der Waals surface area (Å²) in [4.78, 5) is 12.7. The number of rotatable bonds is 2. The van der Waals surface area contributed by atoms with Gasteiger partial charge in [-0.25, -0.2) is 4.79 Å². The molecule has 0 aromatic rings. The van der Waals surface area contributed by atoms with E-state index in [4.69, 9.17) is 4.74 Å². The average molecular weight is 238 g/mol. The third kappa shape index (κ3) is 5.81. The van der Waals surface area contributed by atoms with E-state index in [-0.39, 0.29) is 24.5 Å². The van der Waals surface area contributed by atoms with E-state index in [2.05, 4.69) is 10.6 Å². The van der Waals surface area contributed by atoms with Gasteiger partial charge in [-0.2, -0.15) is 0 Å². The second-order valence-electron chi connectivity index (χ2n) is 3.61. The molecule has 1 unspecified atom stereocenters. The van der Waals surface area contributed by atoms with Crippen LogP contribution in [0, 0.1) is 0 Å². The molecule has 0 aromatic carbocycles. The molecule has 6 heteroatoms. The molecule has 1 aliphatic rings. The lowest BCUT2D eigenvalue weighted by atomic mass is 10.2. The van der Waals surface area contributed by atoms with Crippen LogP contribution in [0.25, 0.3) is 0 Å². The van der Waals surface area contributed by atoms with E-state index in [1.165, 1.54) is 4.90 Å². The second-order valence-corrected chi connectivity index (χ2v) is 3.61. The van der Waals surface area contributed by atoms with E-state index in [9.17, 15) is 4.79 Å². The fourth-order valence-electron chi connectivity index (χ4n) is 1.29. The number of amides is 2. The SMILES string of the molecule is CN(C)C(=O)NCC1CCNCCO1.Cl. The van der Waals surface area contributed by atoms with Crippen molar-refractivity contribution >= 4 is 18.4 Å². The number of carbonyl (C=O) groups excluding carboxylic acids is 1. The van der Waals surface area contributed by atoms with Crippen LogP contribution in [0.2, 0.25) is 0 Å². The van der Waals surface area contributed by atoms with Crippen molar-refractivity contribution in [1.82, 2.24) is 15.5 Å². The highest BCUT2D eigenvalue weighted by atomic mass is 35.5. The van der Waals surface area contributed by atoms with Crippen molar-refractivity contribution in [3.8, 4) is 0 Å². The smallest absolute Gasteiger partial charge is 0.316 e. The molecule has 0 saturated carbocycles. The summed E-state index contributed by atoms with van der Waals surface area (Å²) in [7, 11) is 3.45. The number of halogens is 1. The van der Waals surface area contributed by atoms with E-state index in [0.29, 0.717) is 6.54 Å². The molecule has 0 aliphatic carbocycles. The zero-order valence-corrected chi connectivity index (χ0v) is 10.1. The molecule has 1 fully saturated rings. The van der Waals surface area contributed by atoms with Crippen molar-refractivity contribution in [3.05, 3.63) is 0 Å². The van der Waals surface area contributed by atoms with Crippen molar-refractivity contribution in [1.29, 1.82) is 0 Å². The van der Waals surface area contributed by atoms with Gasteiger partial charge in [0.15, 0.2) is 0 Å². The molecule has 0 radical (unpaired) electrons. The van der Waals surface area contributed by atoms with Gasteiger partial charge in [-0.3, -0.25) is 0 Å². The summed E-state index contributed by atoms with van der Waals surface area (Å²) < 4.78 is 5.54. The third-order valence-electron chi connectivity index (χ3n) is 2.16. The minimum absolute atomic E-state index is 0. The standard InChI is InChI=1S/C9H19N3O2.ClH/c1-12(2)9(13)11-7-8-3-4-10-5-6-14-8;/h8,10H,3-7H2,1-2H3,(H,11,13);1H. The van der Waals surface area contributed by atoms with Gasteiger partial charge in [0.05, 0.1) is 12.7 Å². The Morgan fingerprint density at radius 2 is 2.27 bits per heavy atom. The largest absolute Gasteiger partial charge is 0.375 e. The molecule has 1 atom stereocenters. The number of urea groups is 1. The molecular weight excluding hydrogens is 218 g/mol. The third-order valence-corrected chi connectivity index (χ3v) is 2.16. The first-order valence-corrected chi connectivity index (χ1v) is 4.97. The van der Waals surface area contributed by atoms with Crippen LogP contribution >= 0.6 is 12.4 Å². The van der Waals surface area contributed by atoms with Crippen LogP contribution in [0.3, 0.4) is 0 Å². The van der Waals surface area contributed by atoms with Crippen molar-refractivity contribution in [2.45, 2.75) is 12.5 Å². The molecule has 1 heterocycles. The summed E-state index contributed by atoms with van der Waals surface area (Å²) >= 11 is 0. The number of carbonyl (C=O) groups is 1. The summed E-state index contributed by atoms with van der Waals surface area (Å²) in [6, 6.07) is -0.0641. The normalized spacial score (nSPS) is 21.1. The van der Waals surface area contributed by atoms with Crippen molar-refractivity contribution in [2.75, 3.05) is 40.3 Å². The molecule has 0 bridgehead atoms. The van der Waals surface area contributed by atoms with Gasteiger partial charge in [-0.1, -0.05) is 0 Å². The van der Waals surface area contributed by atoms with Crippen molar-refractivity contribution in [3.63, 3.8) is 0 Å². The van der Waals surface area contributed by atoms with Gasteiger partial charge in [0, 0.05) is 27.2 Å². The molecule has 90 valence electrons. The van der Waals surface area contributed by atoms with Crippen LogP contribution in [-0.2, 0) is 4.74 Å². The van der Waals surface area contributed by atoms with Crippen LogP contribution in [0.15, 0.2) is 0 Å². The molecule has 15 heavy (non-hydrogen) atoms. The first-order valence-electron chi connectivity index (χ1n) is 4.97. The molecule has 2 amide bonds. The number of ether oxygens (including phenoxy) is 1. The lowest BCUT2D eigenvalue weighted by Gasteiger charge is -2.17. The van der Waals surface area contributed by atoms with Crippen molar-refractivity contribution in [2.24, 2.45) is 0 Å². The van der Waals surface area contributed by atoms with E-state index >= 15 is 0 Å². The molecule has 5 nitrogen and oxygen atoms in total. The summed E-state index contributed by atoms with van der Waals surface area (Å²) in [6.07, 6.45) is 1.10. The molecule has 1 rings (SSSR count). The predicted molar refractivity (Wildman–Crippen MR) is 61.6 cm³/mol. The van der Waals surface area contributed by atoms with Gasteiger partial charge in [0.1, 0.15) is 0 Å². The van der Waals surface area contributed by atoms with Gasteiger partial charge in [0.2, 0.25) is 0 Å². The Balaban J connectivity index is 0.00000196. The van der Waals surface area contributed by atoms with E-state index in [1.807, 2.05) is 0 Å². The highest BCUT2D eigenvalue weighted by molar-refractivity contribution is 5.85. The Morgan fingerprint density at radius 3 is 2.93 bits per heavy atom. The van der Waals surface area contributed by atoms with E-state index < -0.39 is 0 Å². The fraction of sp³-hybridized carbons (Fsp3) is 0.889. The Morgan fingerprint density at radius 1 is 1.53 bits per heavy atom. The molecule has 1 saturated heterocycles. The minimum atomic E-state index is -0.0641. The number of nitrogens with one attached hydrogen (secondary N) is 2. The topological polar surface area (TPSA) is 53.6 Å². The average Bonchev–Trinajstić information content (AvgIpc) is 2.42. The molecule has 2 N–H and O–H groups in total. The zero-order chi connectivity index (χ0) is 10.4. The number of hydrogen-bond donors (Lipinski definition) is 2. The summed E-state index contributed by atoms with van der Waals surface area (Å²) in [5, 5.41) is 6.05. The Labute approximate surface area is 96.9 Å². The first-order chi connectivity index (χ1) is 6.70. The Bertz CT molecular complexity index is 182. The van der Waals surface area contributed by atoms with Gasteiger partial charge in [-0.15, -0.1) is 12.4 Å². The van der Waals surface area contributed by atoms with E-state index in [1.54, 1.807) is 14.1 Å². The van der Waals surface area contributed by atoms with Crippen molar-refractivity contribution < 1.29 is 9.53 Å². The maximum Gasteiger partial charge on any atom is 0.316 e. The highest BCUT2D eigenvalue weighted by Crippen LogP contribution is 1.99. The predicted octanol–water partition coefficient (Wildman–Crippen LogP) is 0.0579. The lowest BCUT2D eigenvalue weighted by Crippen LogP contribution is -2.39. The highest BCUT2D eigenvalue weighted by Gasteiger charge is 2.13. The van der Waals surface area contributed by atoms with Crippen LogP contribution < -0.4 is 10.6 Å². The van der Waals surface area contributed by atoms with Crippen LogP contribution in [0.1, 0.15) is 6.42 Å². The van der Waals surface area contributed by atoms with Gasteiger partial charge in [0.25, 0.3) is 0 Å². The molecule has 0 spiro atoms. The van der Waals surface area contributed by atoms with Gasteiger partial charge < -0.3 is 20.3 Å². The monoisotopic (exact) mass is 237 g/mol. The van der Waals surface area contributed by atoms with Gasteiger partial charge in [-0.05, 0) is 13.0 Å². The summed E-state index contributed by atoms with van der Waals surface area (Å²) in [5.41, 5.74) is 0. The maximum absolute atomic E-state index is 11.2. The Kier molecular flexibility index (Phi) is 7.46. The number of nitrogens with zero attached hydrogens (tertiary/aromatic N) is 1. The fourth-order valence-corrected chi connectivity index (χ4v) is 1.29. The quantitative estimate of drug-likeness (QED) is 0.714. The van der Waals surface area contributed by atoms with Gasteiger partial charge >= 0.3 is 6.03 Å². The Hall–Kier alpha value is -0.520. The molecule has 1 aliphatic heterocycles. The van der Waals surface area contributed by atoms with Crippen LogP contribution in [-0.4, -0.2) is 57.4 Å². The minimum Gasteiger partial charge on any atom is -0.375 e. The zero-order valence-electron chi connectivity index (χ0n) is 9.28. The molecule has 0 aromatic heterocycles. The first kappa shape index (κ1) is 14.5. The molecular formula is C9H20ClN3O2. The van der Waals surface area contributed by atoms with E-state index in [0.717, 1.165) is 26.1 Å². The summed E-state index contributed by atoms with van der Waals surface area (Å²) in [6.45, 7) is 3.18. The van der Waals surface area contributed by atoms with Crippen LogP contribution in [0.5, 0.6) is 0 Å². The maximum atomic E-state index is 11.2. The summed E-state index contributed by atoms with van der Waals surface area (Å²) in [5.74, 6) is 0. The van der Waals surface area contributed by atoms with Crippen LogP contribution in [0.4, 0.5) is 4.79 Å². The number of hydrogen-bond acceptors (Lipinski definition) is 3. The second kappa shape index (κ2) is 7.73.